The van der Waals surface area contributed by atoms with Gasteiger partial charge in [0.2, 0.25) is 0 Å². The SMILES string of the molecule is O=C(NCc1nn[nH]n1)c1cc(-c2ccccc2)n(-c2ccccc2)n1. The maximum Gasteiger partial charge on any atom is 0.272 e. The van der Waals surface area contributed by atoms with Crippen molar-refractivity contribution in [3.63, 3.8) is 0 Å². The molecule has 26 heavy (non-hydrogen) atoms. The molecular weight excluding hydrogens is 330 g/mol. The van der Waals surface area contributed by atoms with E-state index in [-0.39, 0.29) is 12.5 Å². The van der Waals surface area contributed by atoms with Gasteiger partial charge >= 0.3 is 0 Å². The molecule has 0 aliphatic rings. The first kappa shape index (κ1) is 15.7. The molecule has 4 rings (SSSR count). The first-order valence-corrected chi connectivity index (χ1v) is 8.03. The maximum absolute atomic E-state index is 12.5. The summed E-state index contributed by atoms with van der Waals surface area (Å²) in [4.78, 5) is 12.5. The second kappa shape index (κ2) is 6.98. The van der Waals surface area contributed by atoms with Crippen LogP contribution in [0.2, 0.25) is 0 Å². The summed E-state index contributed by atoms with van der Waals surface area (Å²) in [5.41, 5.74) is 3.00. The van der Waals surface area contributed by atoms with Crippen molar-refractivity contribution in [3.05, 3.63) is 78.2 Å². The van der Waals surface area contributed by atoms with Crippen LogP contribution >= 0.6 is 0 Å². The summed E-state index contributed by atoms with van der Waals surface area (Å²) in [6.07, 6.45) is 0. The van der Waals surface area contributed by atoms with Gasteiger partial charge in [-0.3, -0.25) is 4.79 Å². The van der Waals surface area contributed by atoms with Crippen LogP contribution in [0, 0.1) is 0 Å². The Morgan fingerprint density at radius 2 is 1.77 bits per heavy atom. The van der Waals surface area contributed by atoms with Gasteiger partial charge in [-0.05, 0) is 18.2 Å². The van der Waals surface area contributed by atoms with E-state index in [1.807, 2.05) is 60.7 Å². The molecule has 2 N–H and O–H groups in total. The van der Waals surface area contributed by atoms with Crippen molar-refractivity contribution < 1.29 is 4.79 Å². The molecular formula is C18H15N7O. The van der Waals surface area contributed by atoms with Gasteiger partial charge in [0, 0.05) is 5.56 Å². The molecule has 2 heterocycles. The largest absolute Gasteiger partial charge is 0.343 e. The standard InChI is InChI=1S/C18H15N7O/c26-18(19-12-17-20-23-24-21-17)15-11-16(13-7-3-1-4-8-13)25(22-15)14-9-5-2-6-10-14/h1-11H,12H2,(H,19,26)(H,20,21,23,24). The van der Waals surface area contributed by atoms with Gasteiger partial charge in [0.1, 0.15) is 0 Å². The lowest BCUT2D eigenvalue weighted by Gasteiger charge is -2.07. The Hall–Kier alpha value is -3.81. The molecule has 128 valence electrons. The first-order valence-electron chi connectivity index (χ1n) is 8.03. The lowest BCUT2D eigenvalue weighted by molar-refractivity contribution is 0.0944. The van der Waals surface area contributed by atoms with E-state index in [4.69, 9.17) is 0 Å². The number of carbonyl (C=O) groups excluding carboxylic acids is 1. The maximum atomic E-state index is 12.5. The van der Waals surface area contributed by atoms with Crippen molar-refractivity contribution in [1.29, 1.82) is 0 Å². The van der Waals surface area contributed by atoms with Crippen LogP contribution in [0.15, 0.2) is 66.7 Å². The number of nitrogens with zero attached hydrogens (tertiary/aromatic N) is 5. The molecule has 8 heteroatoms. The summed E-state index contributed by atoms with van der Waals surface area (Å²) in [6.45, 7) is 0.175. The molecule has 0 saturated heterocycles. The molecule has 8 nitrogen and oxygen atoms in total. The highest BCUT2D eigenvalue weighted by Gasteiger charge is 2.17. The molecule has 2 aromatic carbocycles. The highest BCUT2D eigenvalue weighted by molar-refractivity contribution is 5.93. The summed E-state index contributed by atoms with van der Waals surface area (Å²) in [6, 6.07) is 21.3. The summed E-state index contributed by atoms with van der Waals surface area (Å²) in [7, 11) is 0. The molecule has 0 bridgehead atoms. The fraction of sp³-hybridized carbons (Fsp3) is 0.0556. The number of hydrogen-bond acceptors (Lipinski definition) is 5. The zero-order valence-electron chi connectivity index (χ0n) is 13.7. The Morgan fingerprint density at radius 1 is 1.04 bits per heavy atom. The quantitative estimate of drug-likeness (QED) is 0.576. The van der Waals surface area contributed by atoms with Gasteiger partial charge in [-0.2, -0.15) is 10.3 Å². The van der Waals surface area contributed by atoms with E-state index in [1.54, 1.807) is 10.7 Å². The number of aromatic amines is 1. The Bertz CT molecular complexity index is 938. The zero-order chi connectivity index (χ0) is 17.8. The van der Waals surface area contributed by atoms with Crippen LogP contribution < -0.4 is 5.32 Å². The van der Waals surface area contributed by atoms with Crippen molar-refractivity contribution in [3.8, 4) is 16.9 Å². The second-order valence-electron chi connectivity index (χ2n) is 5.54. The lowest BCUT2D eigenvalue weighted by atomic mass is 10.1. The molecule has 1 amide bonds. The molecule has 0 atom stereocenters. The molecule has 0 fully saturated rings. The smallest absolute Gasteiger partial charge is 0.272 e. The van der Waals surface area contributed by atoms with Gasteiger partial charge in [-0.25, -0.2) is 4.68 Å². The second-order valence-corrected chi connectivity index (χ2v) is 5.54. The number of nitrogens with one attached hydrogen (secondary N) is 2. The van der Waals surface area contributed by atoms with Crippen LogP contribution in [-0.4, -0.2) is 36.3 Å². The number of rotatable bonds is 5. The van der Waals surface area contributed by atoms with E-state index < -0.39 is 0 Å². The van der Waals surface area contributed by atoms with Crippen LogP contribution in [0.5, 0.6) is 0 Å². The number of tetrazole rings is 1. The van der Waals surface area contributed by atoms with Gasteiger partial charge in [0.05, 0.1) is 17.9 Å². The van der Waals surface area contributed by atoms with Crippen molar-refractivity contribution >= 4 is 5.91 Å². The Kier molecular flexibility index (Phi) is 4.21. The van der Waals surface area contributed by atoms with Crippen LogP contribution in [0.3, 0.4) is 0 Å². The fourth-order valence-electron chi connectivity index (χ4n) is 2.58. The van der Waals surface area contributed by atoms with E-state index >= 15 is 0 Å². The molecule has 0 radical (unpaired) electrons. The average molecular weight is 345 g/mol. The van der Waals surface area contributed by atoms with Crippen molar-refractivity contribution in [2.24, 2.45) is 0 Å². The van der Waals surface area contributed by atoms with Gasteiger partial charge in [-0.1, -0.05) is 53.7 Å². The molecule has 4 aromatic rings. The van der Waals surface area contributed by atoms with E-state index in [2.05, 4.69) is 31.0 Å². The zero-order valence-corrected chi connectivity index (χ0v) is 13.7. The van der Waals surface area contributed by atoms with Crippen LogP contribution in [0.1, 0.15) is 16.3 Å². The summed E-state index contributed by atoms with van der Waals surface area (Å²) < 4.78 is 1.76. The summed E-state index contributed by atoms with van der Waals surface area (Å²) >= 11 is 0. The van der Waals surface area contributed by atoms with Crippen LogP contribution in [-0.2, 0) is 6.54 Å². The highest BCUT2D eigenvalue weighted by atomic mass is 16.1. The monoisotopic (exact) mass is 345 g/mol. The lowest BCUT2D eigenvalue weighted by Crippen LogP contribution is -2.24. The number of carbonyl (C=O) groups is 1. The first-order chi connectivity index (χ1) is 12.8. The van der Waals surface area contributed by atoms with Gasteiger partial charge < -0.3 is 5.32 Å². The summed E-state index contributed by atoms with van der Waals surface area (Å²) in [5, 5.41) is 20.7. The third-order valence-corrected chi connectivity index (χ3v) is 3.81. The van der Waals surface area contributed by atoms with E-state index in [9.17, 15) is 4.79 Å². The van der Waals surface area contributed by atoms with Crippen molar-refractivity contribution in [1.82, 2.24) is 35.7 Å². The predicted molar refractivity (Wildman–Crippen MR) is 94.3 cm³/mol. The molecule has 0 spiro atoms. The highest BCUT2D eigenvalue weighted by Crippen LogP contribution is 2.23. The molecule has 2 aromatic heterocycles. The number of H-pyrrole nitrogens is 1. The van der Waals surface area contributed by atoms with Gasteiger partial charge in [0.15, 0.2) is 11.5 Å². The number of para-hydroxylation sites is 1. The fourth-order valence-corrected chi connectivity index (χ4v) is 2.58. The van der Waals surface area contributed by atoms with Crippen molar-refractivity contribution in [2.45, 2.75) is 6.54 Å². The Balaban J connectivity index is 1.68. The molecule has 0 aliphatic carbocycles. The number of amides is 1. The minimum atomic E-state index is -0.304. The van der Waals surface area contributed by atoms with Gasteiger partial charge in [0.25, 0.3) is 5.91 Å². The van der Waals surface area contributed by atoms with Crippen molar-refractivity contribution in [2.75, 3.05) is 0 Å². The normalized spacial score (nSPS) is 10.6. The number of aromatic nitrogens is 6. The Morgan fingerprint density at radius 3 is 2.46 bits per heavy atom. The third-order valence-electron chi connectivity index (χ3n) is 3.81. The van der Waals surface area contributed by atoms with E-state index in [0.717, 1.165) is 16.9 Å². The topological polar surface area (TPSA) is 101 Å². The molecule has 0 unspecified atom stereocenters. The van der Waals surface area contributed by atoms with Crippen LogP contribution in [0.25, 0.3) is 16.9 Å². The van der Waals surface area contributed by atoms with E-state index in [1.165, 1.54) is 0 Å². The Labute approximate surface area is 148 Å². The molecule has 0 aliphatic heterocycles. The number of hydrogen-bond donors (Lipinski definition) is 2. The predicted octanol–water partition coefficient (Wildman–Crippen LogP) is 1.98. The van der Waals surface area contributed by atoms with Crippen LogP contribution in [0.4, 0.5) is 0 Å². The minimum Gasteiger partial charge on any atom is -0.343 e. The third kappa shape index (κ3) is 3.20. The van der Waals surface area contributed by atoms with E-state index in [0.29, 0.717) is 11.5 Å². The summed E-state index contributed by atoms with van der Waals surface area (Å²) in [5.74, 6) is 0.103. The van der Waals surface area contributed by atoms with Gasteiger partial charge in [-0.15, -0.1) is 10.2 Å². The number of benzene rings is 2. The molecule has 0 saturated carbocycles. The average Bonchev–Trinajstić information content (AvgIpc) is 3.37. The minimum absolute atomic E-state index is 0.175.